The number of nitrogen functional groups attached to an aromatic ring is 1. The van der Waals surface area contributed by atoms with Crippen LogP contribution in [-0.2, 0) is 13.2 Å². The molecule has 2 aromatic carbocycles. The van der Waals surface area contributed by atoms with Crippen molar-refractivity contribution in [2.45, 2.75) is 57.2 Å². The first-order valence-electron chi connectivity index (χ1n) is 15.0. The normalized spacial score (nSPS) is 17.3. The molecule has 1 aliphatic heterocycles. The van der Waals surface area contributed by atoms with Crippen molar-refractivity contribution in [2.24, 2.45) is 0 Å². The molecule has 7 rings (SSSR count). The Labute approximate surface area is 253 Å². The van der Waals surface area contributed by atoms with E-state index < -0.39 is 18.0 Å². The maximum Gasteiger partial charge on any atom is 0.265 e. The molecule has 0 bridgehead atoms. The fourth-order valence-corrected chi connectivity index (χ4v) is 6.18. The predicted octanol–water partition coefficient (Wildman–Crippen LogP) is 4.36. The summed E-state index contributed by atoms with van der Waals surface area (Å²) in [5.41, 5.74) is 8.45. The van der Waals surface area contributed by atoms with Gasteiger partial charge in [0.25, 0.3) is 5.56 Å². The first kappa shape index (κ1) is 28.1. The van der Waals surface area contributed by atoms with Gasteiger partial charge in [0.15, 0.2) is 5.82 Å². The highest BCUT2D eigenvalue weighted by molar-refractivity contribution is 5.83. The van der Waals surface area contributed by atoms with Gasteiger partial charge >= 0.3 is 0 Å². The molecule has 12 heteroatoms. The number of hydrogen-bond donors (Lipinski definition) is 3. The topological polar surface area (TPSA) is 140 Å². The number of aliphatic hydroxyl groups excluding tert-OH is 1. The van der Waals surface area contributed by atoms with Crippen LogP contribution in [0.2, 0.25) is 0 Å². The fourth-order valence-electron chi connectivity index (χ4n) is 6.18. The Kier molecular flexibility index (Phi) is 7.31. The van der Waals surface area contributed by atoms with E-state index in [1.165, 1.54) is 23.5 Å². The third-order valence-electron chi connectivity index (χ3n) is 8.70. The third-order valence-corrected chi connectivity index (χ3v) is 8.70. The Balaban J connectivity index is 1.20. The van der Waals surface area contributed by atoms with E-state index >= 15 is 4.39 Å². The van der Waals surface area contributed by atoms with Crippen molar-refractivity contribution < 1.29 is 9.50 Å². The van der Waals surface area contributed by atoms with Crippen LogP contribution < -0.4 is 16.6 Å². The monoisotopic (exact) mass is 595 g/mol. The lowest BCUT2D eigenvalue weighted by molar-refractivity contribution is 0.163. The van der Waals surface area contributed by atoms with Crippen molar-refractivity contribution in [3.05, 3.63) is 82.3 Å². The molecule has 0 spiro atoms. The van der Waals surface area contributed by atoms with Crippen LogP contribution in [0.4, 0.5) is 22.0 Å². The highest BCUT2D eigenvalue weighted by Crippen LogP contribution is 2.41. The van der Waals surface area contributed by atoms with Gasteiger partial charge in [-0.05, 0) is 74.3 Å². The fraction of sp³-hybridized carbons (Fsp3) is 0.344. The number of halogens is 1. The van der Waals surface area contributed by atoms with Crippen LogP contribution >= 0.6 is 0 Å². The van der Waals surface area contributed by atoms with Crippen LogP contribution in [0.15, 0.2) is 59.8 Å². The Morgan fingerprint density at radius 3 is 2.77 bits per heavy atom. The molecule has 1 aliphatic carbocycles. The second-order valence-electron chi connectivity index (χ2n) is 11.7. The lowest BCUT2D eigenvalue weighted by Gasteiger charge is -2.32. The van der Waals surface area contributed by atoms with E-state index in [1.54, 1.807) is 36.7 Å². The number of pyridine rings is 1. The van der Waals surface area contributed by atoms with Gasteiger partial charge in [-0.3, -0.25) is 14.0 Å². The number of aliphatic hydroxyl groups is 1. The van der Waals surface area contributed by atoms with Gasteiger partial charge in [-0.25, -0.2) is 4.39 Å². The van der Waals surface area contributed by atoms with Crippen LogP contribution in [0.3, 0.4) is 0 Å². The van der Waals surface area contributed by atoms with Gasteiger partial charge in [0, 0.05) is 29.6 Å². The lowest BCUT2D eigenvalue weighted by atomic mass is 10.0. The summed E-state index contributed by atoms with van der Waals surface area (Å²) in [5.74, 6) is 0.240. The summed E-state index contributed by atoms with van der Waals surface area (Å²) in [6, 6.07) is 10.7. The Morgan fingerprint density at radius 1 is 1.11 bits per heavy atom. The van der Waals surface area contributed by atoms with E-state index in [0.717, 1.165) is 37.9 Å². The number of anilines is 3. The van der Waals surface area contributed by atoms with E-state index in [1.807, 2.05) is 16.9 Å². The molecule has 226 valence electrons. The second-order valence-corrected chi connectivity index (χ2v) is 11.7. The molecule has 1 atom stereocenters. The second kappa shape index (κ2) is 11.4. The van der Waals surface area contributed by atoms with Crippen molar-refractivity contribution in [3.8, 4) is 17.1 Å². The number of fused-ring (bicyclic) bond motifs is 1. The van der Waals surface area contributed by atoms with Crippen LogP contribution in [0, 0.1) is 5.82 Å². The average Bonchev–Trinajstić information content (AvgIpc) is 3.78. The van der Waals surface area contributed by atoms with Gasteiger partial charge in [0.1, 0.15) is 5.82 Å². The first-order chi connectivity index (χ1) is 21.4. The Hall–Kier alpha value is -4.68. The molecule has 3 aromatic heterocycles. The van der Waals surface area contributed by atoms with Crippen LogP contribution in [0.5, 0.6) is 0 Å². The Bertz CT molecular complexity index is 1920. The maximum atomic E-state index is 15.2. The van der Waals surface area contributed by atoms with Crippen molar-refractivity contribution >= 4 is 28.4 Å². The van der Waals surface area contributed by atoms with Gasteiger partial charge < -0.3 is 21.1 Å². The van der Waals surface area contributed by atoms with Crippen molar-refractivity contribution in [1.29, 1.82) is 0 Å². The summed E-state index contributed by atoms with van der Waals surface area (Å²) in [5, 5.41) is 18.7. The predicted molar refractivity (Wildman–Crippen MR) is 166 cm³/mol. The van der Waals surface area contributed by atoms with E-state index in [2.05, 4.69) is 37.3 Å². The van der Waals surface area contributed by atoms with Crippen molar-refractivity contribution in [2.75, 3.05) is 24.6 Å². The smallest absolute Gasteiger partial charge is 0.265 e. The van der Waals surface area contributed by atoms with E-state index in [0.29, 0.717) is 39.8 Å². The molecule has 1 saturated heterocycles. The number of likely N-dealkylation sites (N-methyl/N-ethyl adjacent to an activating group) is 1. The summed E-state index contributed by atoms with van der Waals surface area (Å²) in [6.07, 6.45) is 10.9. The number of aromatic nitrogens is 6. The summed E-state index contributed by atoms with van der Waals surface area (Å²) < 4.78 is 18.5. The van der Waals surface area contributed by atoms with Gasteiger partial charge in [0.2, 0.25) is 11.9 Å². The quantitative estimate of drug-likeness (QED) is 0.239. The molecule has 1 unspecified atom stereocenters. The summed E-state index contributed by atoms with van der Waals surface area (Å²) in [6.45, 7) is 1.46. The molecule has 4 N–H and O–H groups in total. The molecule has 2 aliphatic rings. The molecular weight excluding hydrogens is 561 g/mol. The van der Waals surface area contributed by atoms with Gasteiger partial charge in [-0.15, -0.1) is 0 Å². The summed E-state index contributed by atoms with van der Waals surface area (Å²) in [7, 11) is 2.15. The Morgan fingerprint density at radius 2 is 1.98 bits per heavy atom. The lowest BCUT2D eigenvalue weighted by Crippen LogP contribution is -2.39. The van der Waals surface area contributed by atoms with Crippen LogP contribution in [0.1, 0.15) is 49.1 Å². The zero-order chi connectivity index (χ0) is 30.4. The zero-order valence-corrected chi connectivity index (χ0v) is 24.4. The largest absolute Gasteiger partial charge is 0.392 e. The number of nitrogens with two attached hydrogens (primary N) is 1. The third kappa shape index (κ3) is 5.42. The molecule has 5 aromatic rings. The minimum absolute atomic E-state index is 0.0118. The van der Waals surface area contributed by atoms with Crippen LogP contribution in [-0.4, -0.2) is 58.9 Å². The number of benzene rings is 2. The zero-order valence-electron chi connectivity index (χ0n) is 24.4. The number of likely N-dealkylation sites (tertiary alicyclic amines) is 1. The molecule has 0 radical (unpaired) electrons. The van der Waals surface area contributed by atoms with E-state index in [-0.39, 0.29) is 23.1 Å². The number of nitrogens with one attached hydrogen (secondary N) is 1. The summed E-state index contributed by atoms with van der Waals surface area (Å²) in [4.78, 5) is 29.1. The molecule has 11 nitrogen and oxygen atoms in total. The van der Waals surface area contributed by atoms with Gasteiger partial charge in [-0.1, -0.05) is 24.6 Å². The summed E-state index contributed by atoms with van der Waals surface area (Å²) >= 11 is 0. The number of rotatable bonds is 8. The molecule has 4 heterocycles. The molecule has 2 fully saturated rings. The molecule has 44 heavy (non-hydrogen) atoms. The van der Waals surface area contributed by atoms with Crippen LogP contribution in [0.25, 0.3) is 27.8 Å². The number of nitrogens with zero attached hydrogens (tertiary/aromatic N) is 7. The number of hydrogen-bond acceptors (Lipinski definition) is 9. The van der Waals surface area contributed by atoms with Gasteiger partial charge in [-0.2, -0.15) is 20.1 Å². The minimum atomic E-state index is -0.541. The van der Waals surface area contributed by atoms with E-state index in [4.69, 9.17) is 5.73 Å². The average molecular weight is 596 g/mol. The van der Waals surface area contributed by atoms with Crippen molar-refractivity contribution in [3.63, 3.8) is 0 Å². The minimum Gasteiger partial charge on any atom is -0.392 e. The van der Waals surface area contributed by atoms with Gasteiger partial charge in [0.05, 0.1) is 36.1 Å². The number of piperidine rings is 1. The highest BCUT2D eigenvalue weighted by Gasteiger charge is 2.26. The standard InChI is InChI=1S/C32H34FN9O2/c1-40-11-3-2-5-23(40)17-41-16-22(15-35-41)36-32-38-29(37-31(34)39-32)24-6-4-7-27(25(24)18-43)42-12-10-20-13-21(19-8-9-19)14-26(33)28(20)30(42)44/h4,6-7,10,12-16,19,23,43H,2-3,5,8-9,11,17-18H2,1H3,(H3,34,36,37,38,39). The SMILES string of the molecule is CN1CCCCC1Cn1cc(Nc2nc(N)nc(-c3cccc(-n4ccc5cc(C6CC6)cc(F)c5c4=O)c3CO)n2)cn1. The highest BCUT2D eigenvalue weighted by atomic mass is 19.1. The van der Waals surface area contributed by atoms with Crippen molar-refractivity contribution in [1.82, 2.24) is 34.2 Å². The van der Waals surface area contributed by atoms with E-state index in [9.17, 15) is 9.90 Å². The molecule has 0 amide bonds. The molecular formula is C32H34FN9O2. The maximum absolute atomic E-state index is 15.2. The first-order valence-corrected chi connectivity index (χ1v) is 15.0. The molecule has 1 saturated carbocycles.